The van der Waals surface area contributed by atoms with Crippen LogP contribution in [-0.4, -0.2) is 7.11 Å². The van der Waals surface area contributed by atoms with Crippen LogP contribution in [-0.2, 0) is 19.7 Å². The van der Waals surface area contributed by atoms with Gasteiger partial charge in [-0.15, -0.1) is 0 Å². The minimum absolute atomic E-state index is 0.477. The topological polar surface area (TPSA) is 30.5 Å². The Morgan fingerprint density at radius 3 is 2.41 bits per heavy atom. The Morgan fingerprint density at radius 2 is 1.67 bits per heavy atom. The molecule has 0 spiro atoms. The van der Waals surface area contributed by atoms with Gasteiger partial charge in [0.15, 0.2) is 11.5 Å². The second-order valence-electron chi connectivity index (χ2n) is 6.03. The zero-order chi connectivity index (χ0) is 19.1. The highest BCUT2D eigenvalue weighted by Gasteiger charge is 2.15. The molecule has 0 heterocycles. The second kappa shape index (κ2) is 9.79. The van der Waals surface area contributed by atoms with E-state index in [2.05, 4.69) is 21.2 Å². The van der Waals surface area contributed by atoms with Crippen LogP contribution in [0.1, 0.15) is 16.7 Å². The van der Waals surface area contributed by atoms with E-state index in [9.17, 15) is 0 Å². The first-order valence-corrected chi connectivity index (χ1v) is 9.82. The Morgan fingerprint density at radius 1 is 0.926 bits per heavy atom. The molecule has 0 fully saturated rings. The average molecular weight is 447 g/mol. The van der Waals surface area contributed by atoms with Gasteiger partial charge in [-0.3, -0.25) is 0 Å². The van der Waals surface area contributed by atoms with Gasteiger partial charge in [-0.1, -0.05) is 76.1 Å². The van der Waals surface area contributed by atoms with E-state index in [1.165, 1.54) is 0 Å². The summed E-state index contributed by atoms with van der Waals surface area (Å²) in [5.41, 5.74) is 3.18. The summed E-state index contributed by atoms with van der Waals surface area (Å²) in [4.78, 5) is 0. The van der Waals surface area contributed by atoms with Crippen molar-refractivity contribution in [1.82, 2.24) is 5.32 Å². The normalized spacial score (nSPS) is 10.6. The summed E-state index contributed by atoms with van der Waals surface area (Å²) in [6.45, 7) is 1.76. The summed E-state index contributed by atoms with van der Waals surface area (Å²) in [6.07, 6.45) is 0. The molecule has 0 bridgehead atoms. The third kappa shape index (κ3) is 5.25. The Bertz CT molecular complexity index is 887. The van der Waals surface area contributed by atoms with Gasteiger partial charge in [0, 0.05) is 28.1 Å². The Hall–Kier alpha value is -2.01. The fourth-order valence-corrected chi connectivity index (χ4v) is 3.41. The van der Waals surface area contributed by atoms with Gasteiger partial charge < -0.3 is 14.8 Å². The molecule has 5 heteroatoms. The number of halogens is 2. The van der Waals surface area contributed by atoms with Crippen molar-refractivity contribution < 1.29 is 9.47 Å². The highest BCUT2D eigenvalue weighted by Crippen LogP contribution is 2.37. The quantitative estimate of drug-likeness (QED) is 0.462. The monoisotopic (exact) mass is 445 g/mol. The van der Waals surface area contributed by atoms with Gasteiger partial charge in [-0.05, 0) is 29.3 Å². The molecule has 0 unspecified atom stereocenters. The third-order valence-electron chi connectivity index (χ3n) is 4.19. The van der Waals surface area contributed by atoms with Crippen molar-refractivity contribution in [3.63, 3.8) is 0 Å². The minimum Gasteiger partial charge on any atom is -0.493 e. The van der Waals surface area contributed by atoms with Gasteiger partial charge in [0.1, 0.15) is 6.61 Å². The molecule has 0 aliphatic rings. The van der Waals surface area contributed by atoms with Crippen LogP contribution >= 0.6 is 27.5 Å². The van der Waals surface area contributed by atoms with Crippen molar-refractivity contribution in [2.75, 3.05) is 7.11 Å². The fraction of sp³-hybridized carbons (Fsp3) is 0.182. The van der Waals surface area contributed by atoms with Crippen LogP contribution in [0.5, 0.6) is 11.5 Å². The van der Waals surface area contributed by atoms with Crippen molar-refractivity contribution in [3.05, 3.63) is 92.9 Å². The van der Waals surface area contributed by atoms with Gasteiger partial charge in [0.25, 0.3) is 0 Å². The van der Waals surface area contributed by atoms with Gasteiger partial charge in [0.05, 0.1) is 7.11 Å². The molecule has 3 nitrogen and oxygen atoms in total. The van der Waals surface area contributed by atoms with E-state index in [1.807, 2.05) is 66.7 Å². The van der Waals surface area contributed by atoms with Gasteiger partial charge in [-0.25, -0.2) is 0 Å². The molecule has 0 radical (unpaired) electrons. The maximum Gasteiger partial charge on any atom is 0.167 e. The Balaban J connectivity index is 1.75. The van der Waals surface area contributed by atoms with Crippen molar-refractivity contribution in [3.8, 4) is 11.5 Å². The first-order valence-electron chi connectivity index (χ1n) is 8.65. The number of hydrogen-bond acceptors (Lipinski definition) is 3. The van der Waals surface area contributed by atoms with Crippen LogP contribution < -0.4 is 14.8 Å². The van der Waals surface area contributed by atoms with E-state index in [4.69, 9.17) is 21.1 Å². The SMILES string of the molecule is COc1ccc(Br)c(CNCc2ccccc2Cl)c1OCc1ccccc1. The zero-order valence-corrected chi connectivity index (χ0v) is 17.4. The average Bonchev–Trinajstić information content (AvgIpc) is 2.70. The van der Waals surface area contributed by atoms with Crippen molar-refractivity contribution >= 4 is 27.5 Å². The predicted molar refractivity (Wildman–Crippen MR) is 113 cm³/mol. The largest absolute Gasteiger partial charge is 0.493 e. The summed E-state index contributed by atoms with van der Waals surface area (Å²) < 4.78 is 12.6. The molecule has 3 rings (SSSR count). The molecule has 140 valence electrons. The smallest absolute Gasteiger partial charge is 0.167 e. The highest BCUT2D eigenvalue weighted by molar-refractivity contribution is 9.10. The van der Waals surface area contributed by atoms with Crippen LogP contribution in [0.15, 0.2) is 71.2 Å². The molecule has 0 saturated heterocycles. The number of nitrogens with one attached hydrogen (secondary N) is 1. The molecule has 3 aromatic rings. The highest BCUT2D eigenvalue weighted by atomic mass is 79.9. The first kappa shape index (κ1) is 19.7. The minimum atomic E-state index is 0.477. The molecule has 0 amide bonds. The van der Waals surface area contributed by atoms with Crippen molar-refractivity contribution in [1.29, 1.82) is 0 Å². The van der Waals surface area contributed by atoms with E-state index in [0.717, 1.165) is 31.9 Å². The van der Waals surface area contributed by atoms with E-state index in [-0.39, 0.29) is 0 Å². The lowest BCUT2D eigenvalue weighted by molar-refractivity contribution is 0.280. The molecule has 0 saturated carbocycles. The molecule has 1 N–H and O–H groups in total. The lowest BCUT2D eigenvalue weighted by atomic mass is 10.1. The summed E-state index contributed by atoms with van der Waals surface area (Å²) >= 11 is 9.88. The van der Waals surface area contributed by atoms with Crippen molar-refractivity contribution in [2.24, 2.45) is 0 Å². The van der Waals surface area contributed by atoms with E-state index in [0.29, 0.717) is 25.4 Å². The van der Waals surface area contributed by atoms with Crippen LogP contribution in [0, 0.1) is 0 Å². The lowest BCUT2D eigenvalue weighted by Gasteiger charge is -2.17. The van der Waals surface area contributed by atoms with Crippen LogP contribution in [0.25, 0.3) is 0 Å². The number of ether oxygens (including phenoxy) is 2. The molecule has 3 aromatic carbocycles. The molecule has 0 aliphatic heterocycles. The maximum atomic E-state index is 6.24. The Kier molecular flexibility index (Phi) is 7.16. The molecule has 0 aliphatic carbocycles. The van der Waals surface area contributed by atoms with E-state index < -0.39 is 0 Å². The number of benzene rings is 3. The maximum absolute atomic E-state index is 6.24. The second-order valence-corrected chi connectivity index (χ2v) is 7.29. The number of rotatable bonds is 8. The fourth-order valence-electron chi connectivity index (χ4n) is 2.76. The summed E-state index contributed by atoms with van der Waals surface area (Å²) in [5.74, 6) is 1.45. The molecule has 27 heavy (non-hydrogen) atoms. The van der Waals surface area contributed by atoms with Crippen molar-refractivity contribution in [2.45, 2.75) is 19.7 Å². The molecular weight excluding hydrogens is 426 g/mol. The first-order chi connectivity index (χ1) is 13.2. The van der Waals surface area contributed by atoms with E-state index in [1.54, 1.807) is 7.11 Å². The summed E-state index contributed by atoms with van der Waals surface area (Å²) in [5, 5.41) is 4.20. The number of hydrogen-bond donors (Lipinski definition) is 1. The number of methoxy groups -OCH3 is 1. The summed E-state index contributed by atoms with van der Waals surface area (Å²) in [7, 11) is 1.65. The van der Waals surface area contributed by atoms with E-state index >= 15 is 0 Å². The predicted octanol–water partition coefficient (Wildman–Crippen LogP) is 5.98. The van der Waals surface area contributed by atoms with Crippen LogP contribution in [0.3, 0.4) is 0 Å². The Labute approximate surface area is 173 Å². The van der Waals surface area contributed by atoms with Gasteiger partial charge in [-0.2, -0.15) is 0 Å². The van der Waals surface area contributed by atoms with Crippen LogP contribution in [0.4, 0.5) is 0 Å². The third-order valence-corrected chi connectivity index (χ3v) is 5.30. The van der Waals surface area contributed by atoms with Crippen LogP contribution in [0.2, 0.25) is 5.02 Å². The van der Waals surface area contributed by atoms with Gasteiger partial charge >= 0.3 is 0 Å². The lowest BCUT2D eigenvalue weighted by Crippen LogP contribution is -2.15. The van der Waals surface area contributed by atoms with Gasteiger partial charge in [0.2, 0.25) is 0 Å². The standard InChI is InChI=1S/C22H21BrClNO2/c1-26-21-12-11-19(23)18(14-25-13-17-9-5-6-10-20(17)24)22(21)27-15-16-7-3-2-4-8-16/h2-12,25H,13-15H2,1H3. The zero-order valence-electron chi connectivity index (χ0n) is 15.0. The molecule has 0 atom stereocenters. The molecule has 0 aromatic heterocycles. The molecular formula is C22H21BrClNO2. The summed E-state index contributed by atoms with van der Waals surface area (Å²) in [6, 6.07) is 21.8.